The molecule has 0 aromatic heterocycles. The van der Waals surface area contributed by atoms with Crippen molar-refractivity contribution in [3.63, 3.8) is 0 Å². The Morgan fingerprint density at radius 2 is 1.91 bits per heavy atom. The number of ketones is 1. The largest absolute Gasteiger partial charge is 0.300 e. The number of hydrogen-bond donors (Lipinski definition) is 1. The van der Waals surface area contributed by atoms with Crippen molar-refractivity contribution < 1.29 is 9.59 Å². The zero-order chi connectivity index (χ0) is 8.85. The van der Waals surface area contributed by atoms with Crippen LogP contribution in [0.5, 0.6) is 0 Å². The van der Waals surface area contributed by atoms with Gasteiger partial charge in [0.2, 0.25) is 0 Å². The molecule has 0 N–H and O–H groups in total. The third-order valence-corrected chi connectivity index (χ3v) is 1.80. The van der Waals surface area contributed by atoms with Gasteiger partial charge in [0.25, 0.3) is 0 Å². The molecule has 2 nitrogen and oxygen atoms in total. The van der Waals surface area contributed by atoms with Crippen LogP contribution >= 0.6 is 12.6 Å². The second-order valence-corrected chi connectivity index (χ2v) is 3.28. The number of thiol groups is 1. The molecule has 1 unspecified atom stereocenters. The molecule has 0 rings (SSSR count). The highest BCUT2D eigenvalue weighted by molar-refractivity contribution is 7.96. The molecular formula is C8H14O2S. The fraction of sp³-hybridized carbons (Fsp3) is 0.750. The molecule has 0 radical (unpaired) electrons. The SMILES string of the molecule is CCC(CC(C)=O)CC(=O)S. The van der Waals surface area contributed by atoms with Gasteiger partial charge in [0, 0.05) is 12.8 Å². The average Bonchev–Trinajstić information content (AvgIpc) is 1.84. The van der Waals surface area contributed by atoms with E-state index in [1.807, 2.05) is 6.92 Å². The molecule has 0 saturated carbocycles. The van der Waals surface area contributed by atoms with Gasteiger partial charge >= 0.3 is 0 Å². The van der Waals surface area contributed by atoms with E-state index in [0.717, 1.165) is 6.42 Å². The molecule has 0 aliphatic heterocycles. The van der Waals surface area contributed by atoms with Gasteiger partial charge in [-0.3, -0.25) is 4.79 Å². The monoisotopic (exact) mass is 174 g/mol. The van der Waals surface area contributed by atoms with Crippen LogP contribution in [0.3, 0.4) is 0 Å². The Morgan fingerprint density at radius 3 is 2.18 bits per heavy atom. The van der Waals surface area contributed by atoms with Crippen LogP contribution < -0.4 is 0 Å². The van der Waals surface area contributed by atoms with Gasteiger partial charge in [-0.25, -0.2) is 0 Å². The average molecular weight is 174 g/mol. The van der Waals surface area contributed by atoms with Crippen molar-refractivity contribution in [2.75, 3.05) is 0 Å². The smallest absolute Gasteiger partial charge is 0.186 e. The summed E-state index contributed by atoms with van der Waals surface area (Å²) >= 11 is 3.66. The highest BCUT2D eigenvalue weighted by Gasteiger charge is 2.11. The molecule has 0 bridgehead atoms. The van der Waals surface area contributed by atoms with E-state index in [1.165, 1.54) is 0 Å². The lowest BCUT2D eigenvalue weighted by Crippen LogP contribution is -2.07. The molecule has 1 atom stereocenters. The number of carbonyl (C=O) groups excluding carboxylic acids is 2. The first-order valence-corrected chi connectivity index (χ1v) is 4.22. The summed E-state index contributed by atoms with van der Waals surface area (Å²) in [6, 6.07) is 0. The van der Waals surface area contributed by atoms with Gasteiger partial charge in [-0.15, -0.1) is 12.6 Å². The van der Waals surface area contributed by atoms with E-state index < -0.39 is 0 Å². The Kier molecular flexibility index (Phi) is 5.20. The maximum absolute atomic E-state index is 10.7. The van der Waals surface area contributed by atoms with Gasteiger partial charge in [0.05, 0.1) is 0 Å². The lowest BCUT2D eigenvalue weighted by atomic mass is 9.97. The van der Waals surface area contributed by atoms with Crippen LogP contribution in [0.2, 0.25) is 0 Å². The van der Waals surface area contributed by atoms with Crippen LogP contribution in [-0.2, 0) is 9.59 Å². The maximum atomic E-state index is 10.7. The van der Waals surface area contributed by atoms with Gasteiger partial charge in [-0.05, 0) is 12.8 Å². The number of hydrogen-bond acceptors (Lipinski definition) is 2. The Labute approximate surface area is 72.8 Å². The number of carbonyl (C=O) groups is 2. The first-order valence-electron chi connectivity index (χ1n) is 3.77. The molecule has 0 heterocycles. The highest BCUT2D eigenvalue weighted by atomic mass is 32.1. The van der Waals surface area contributed by atoms with Crippen LogP contribution in [0.15, 0.2) is 0 Å². The van der Waals surface area contributed by atoms with Gasteiger partial charge in [-0.2, -0.15) is 0 Å². The van der Waals surface area contributed by atoms with Crippen LogP contribution in [-0.4, -0.2) is 10.9 Å². The summed E-state index contributed by atoms with van der Waals surface area (Å²) in [6.07, 6.45) is 1.79. The highest BCUT2D eigenvalue weighted by Crippen LogP contribution is 2.14. The second-order valence-electron chi connectivity index (χ2n) is 2.78. The zero-order valence-corrected chi connectivity index (χ0v) is 7.86. The molecule has 0 fully saturated rings. The molecule has 0 aromatic carbocycles. The van der Waals surface area contributed by atoms with Crippen molar-refractivity contribution in [1.29, 1.82) is 0 Å². The lowest BCUT2D eigenvalue weighted by Gasteiger charge is -2.08. The molecule has 0 saturated heterocycles. The molecule has 3 heteroatoms. The molecule has 11 heavy (non-hydrogen) atoms. The molecular weight excluding hydrogens is 160 g/mol. The molecule has 0 amide bonds. The van der Waals surface area contributed by atoms with Crippen LogP contribution in [0.4, 0.5) is 0 Å². The van der Waals surface area contributed by atoms with Gasteiger partial charge < -0.3 is 4.79 Å². The minimum Gasteiger partial charge on any atom is -0.300 e. The van der Waals surface area contributed by atoms with E-state index in [-0.39, 0.29) is 16.8 Å². The van der Waals surface area contributed by atoms with Crippen molar-refractivity contribution >= 4 is 23.5 Å². The first kappa shape index (κ1) is 10.7. The van der Waals surface area contributed by atoms with Gasteiger partial charge in [0.15, 0.2) is 5.12 Å². The van der Waals surface area contributed by atoms with Crippen molar-refractivity contribution in [2.24, 2.45) is 5.92 Å². The number of rotatable bonds is 5. The quantitative estimate of drug-likeness (QED) is 0.645. The van der Waals surface area contributed by atoms with E-state index >= 15 is 0 Å². The normalized spacial score (nSPS) is 12.6. The fourth-order valence-electron chi connectivity index (χ4n) is 1.01. The Balaban J connectivity index is 3.76. The molecule has 0 aliphatic rings. The van der Waals surface area contributed by atoms with Crippen molar-refractivity contribution in [1.82, 2.24) is 0 Å². The van der Waals surface area contributed by atoms with E-state index in [0.29, 0.717) is 12.8 Å². The first-order chi connectivity index (χ1) is 5.06. The van der Waals surface area contributed by atoms with Gasteiger partial charge in [0.1, 0.15) is 5.78 Å². The summed E-state index contributed by atoms with van der Waals surface area (Å²) in [7, 11) is 0. The van der Waals surface area contributed by atoms with E-state index in [1.54, 1.807) is 6.92 Å². The van der Waals surface area contributed by atoms with Crippen LogP contribution in [0, 0.1) is 5.92 Å². The molecule has 0 spiro atoms. The zero-order valence-electron chi connectivity index (χ0n) is 6.96. The van der Waals surface area contributed by atoms with Crippen molar-refractivity contribution in [3.05, 3.63) is 0 Å². The van der Waals surface area contributed by atoms with E-state index in [4.69, 9.17) is 0 Å². The van der Waals surface area contributed by atoms with Crippen LogP contribution in [0.25, 0.3) is 0 Å². The molecule has 64 valence electrons. The van der Waals surface area contributed by atoms with Crippen molar-refractivity contribution in [2.45, 2.75) is 33.1 Å². The summed E-state index contributed by atoms with van der Waals surface area (Å²) in [5.41, 5.74) is 0. The second kappa shape index (κ2) is 5.35. The van der Waals surface area contributed by atoms with E-state index in [9.17, 15) is 9.59 Å². The summed E-state index contributed by atoms with van der Waals surface area (Å²) < 4.78 is 0. The van der Waals surface area contributed by atoms with Crippen molar-refractivity contribution in [3.8, 4) is 0 Å². The minimum atomic E-state index is -0.127. The third-order valence-electron chi connectivity index (χ3n) is 1.62. The maximum Gasteiger partial charge on any atom is 0.186 e. The lowest BCUT2D eigenvalue weighted by molar-refractivity contribution is -0.118. The Hall–Kier alpha value is -0.310. The standard InChI is InChI=1S/C8H14O2S/c1-3-7(4-6(2)9)5-8(10)11/h7H,3-5H2,1-2H3,(H,10,11). The molecule has 0 aromatic rings. The Bertz CT molecular complexity index is 138. The molecule has 0 aliphatic carbocycles. The van der Waals surface area contributed by atoms with Gasteiger partial charge in [-0.1, -0.05) is 13.3 Å². The Morgan fingerprint density at radius 1 is 1.36 bits per heavy atom. The minimum absolute atomic E-state index is 0.127. The third kappa shape index (κ3) is 6.10. The summed E-state index contributed by atoms with van der Waals surface area (Å²) in [6.45, 7) is 3.52. The van der Waals surface area contributed by atoms with Crippen LogP contribution in [0.1, 0.15) is 33.1 Å². The predicted molar refractivity (Wildman–Crippen MR) is 47.7 cm³/mol. The fourth-order valence-corrected chi connectivity index (χ4v) is 1.27. The topological polar surface area (TPSA) is 34.1 Å². The summed E-state index contributed by atoms with van der Waals surface area (Å²) in [5.74, 6) is 0.337. The van der Waals surface area contributed by atoms with E-state index in [2.05, 4.69) is 12.6 Å². The summed E-state index contributed by atoms with van der Waals surface area (Å²) in [4.78, 5) is 21.2. The summed E-state index contributed by atoms with van der Waals surface area (Å²) in [5, 5.41) is -0.127. The predicted octanol–water partition coefficient (Wildman–Crippen LogP) is 1.84. The number of Topliss-reactive ketones (excluding diaryl/α,β-unsaturated/α-hetero) is 1.